The van der Waals surface area contributed by atoms with Gasteiger partial charge in [0.15, 0.2) is 0 Å². The number of carbonyl (C=O) groups excluding carboxylic acids is 1. The summed E-state index contributed by atoms with van der Waals surface area (Å²) in [5.74, 6) is 0.567. The van der Waals surface area contributed by atoms with Gasteiger partial charge < -0.3 is 15.0 Å². The maximum atomic E-state index is 12.7. The molecule has 1 aromatic rings. The molecule has 1 unspecified atom stereocenters. The van der Waals surface area contributed by atoms with Gasteiger partial charge >= 0.3 is 0 Å². The van der Waals surface area contributed by atoms with E-state index in [2.05, 4.69) is 10.2 Å². The van der Waals surface area contributed by atoms with Gasteiger partial charge in [0.05, 0.1) is 12.7 Å². The first kappa shape index (κ1) is 15.6. The largest absolute Gasteiger partial charge is 0.496 e. The summed E-state index contributed by atoms with van der Waals surface area (Å²) >= 11 is 5.96. The van der Waals surface area contributed by atoms with E-state index in [0.717, 1.165) is 39.3 Å². The maximum Gasteiger partial charge on any atom is 0.257 e. The molecule has 0 radical (unpaired) electrons. The number of nitrogens with zero attached hydrogens (tertiary/aromatic N) is 2. The fourth-order valence-corrected chi connectivity index (χ4v) is 3.42. The van der Waals surface area contributed by atoms with Crippen LogP contribution in [0.2, 0.25) is 5.02 Å². The third-order valence-electron chi connectivity index (χ3n) is 4.55. The molecule has 0 aliphatic carbocycles. The van der Waals surface area contributed by atoms with Crippen LogP contribution in [0, 0.1) is 0 Å². The van der Waals surface area contributed by atoms with E-state index in [4.69, 9.17) is 16.3 Å². The van der Waals surface area contributed by atoms with Gasteiger partial charge in [-0.3, -0.25) is 9.69 Å². The minimum absolute atomic E-state index is 0.0257. The average molecular weight is 324 g/mol. The molecule has 2 fully saturated rings. The number of rotatable bonds is 3. The highest BCUT2D eigenvalue weighted by atomic mass is 35.5. The van der Waals surface area contributed by atoms with Crippen LogP contribution < -0.4 is 10.1 Å². The van der Waals surface area contributed by atoms with Crippen molar-refractivity contribution in [3.8, 4) is 5.75 Å². The van der Waals surface area contributed by atoms with Crippen molar-refractivity contribution in [2.75, 3.05) is 46.4 Å². The lowest BCUT2D eigenvalue weighted by Crippen LogP contribution is -2.52. The first-order valence-corrected chi connectivity index (χ1v) is 8.14. The van der Waals surface area contributed by atoms with Crippen LogP contribution in [-0.2, 0) is 0 Å². The van der Waals surface area contributed by atoms with E-state index in [9.17, 15) is 4.79 Å². The summed E-state index contributed by atoms with van der Waals surface area (Å²) in [4.78, 5) is 17.1. The Hall–Kier alpha value is -1.30. The van der Waals surface area contributed by atoms with Crippen LogP contribution >= 0.6 is 11.6 Å². The molecular weight excluding hydrogens is 302 g/mol. The molecule has 3 rings (SSSR count). The first-order chi connectivity index (χ1) is 10.7. The van der Waals surface area contributed by atoms with Gasteiger partial charge in [0.25, 0.3) is 5.91 Å². The van der Waals surface area contributed by atoms with E-state index in [1.54, 1.807) is 25.3 Å². The molecule has 22 heavy (non-hydrogen) atoms. The Morgan fingerprint density at radius 2 is 2.09 bits per heavy atom. The number of halogens is 1. The number of piperazine rings is 1. The van der Waals surface area contributed by atoms with Gasteiger partial charge in [-0.05, 0) is 31.2 Å². The number of hydrogen-bond donors (Lipinski definition) is 1. The lowest BCUT2D eigenvalue weighted by Gasteiger charge is -2.37. The van der Waals surface area contributed by atoms with Crippen molar-refractivity contribution in [3.63, 3.8) is 0 Å². The predicted molar refractivity (Wildman–Crippen MR) is 86.8 cm³/mol. The van der Waals surface area contributed by atoms with Crippen LogP contribution in [0.25, 0.3) is 0 Å². The summed E-state index contributed by atoms with van der Waals surface area (Å²) in [6.07, 6.45) is 1.21. The summed E-state index contributed by atoms with van der Waals surface area (Å²) in [5.41, 5.74) is 0.586. The Labute approximate surface area is 136 Å². The number of benzene rings is 1. The highest BCUT2D eigenvalue weighted by Crippen LogP contribution is 2.25. The number of amides is 1. The van der Waals surface area contributed by atoms with E-state index in [0.29, 0.717) is 22.4 Å². The summed E-state index contributed by atoms with van der Waals surface area (Å²) < 4.78 is 5.29. The molecule has 0 saturated carbocycles. The van der Waals surface area contributed by atoms with Crippen LogP contribution in [0.15, 0.2) is 18.2 Å². The fraction of sp³-hybridized carbons (Fsp3) is 0.562. The number of ether oxygens (including phenoxy) is 1. The molecule has 6 heteroatoms. The second-order valence-electron chi connectivity index (χ2n) is 5.82. The predicted octanol–water partition coefficient (Wildman–Crippen LogP) is 1.47. The first-order valence-electron chi connectivity index (χ1n) is 7.76. The van der Waals surface area contributed by atoms with E-state index >= 15 is 0 Å². The molecule has 0 aromatic heterocycles. The third kappa shape index (κ3) is 3.21. The van der Waals surface area contributed by atoms with Crippen molar-refractivity contribution in [1.82, 2.24) is 15.1 Å². The molecule has 5 nitrogen and oxygen atoms in total. The van der Waals surface area contributed by atoms with E-state index in [-0.39, 0.29) is 5.91 Å². The summed E-state index contributed by atoms with van der Waals surface area (Å²) in [5, 5.41) is 3.97. The molecule has 0 spiro atoms. The van der Waals surface area contributed by atoms with Gasteiger partial charge in [0, 0.05) is 43.8 Å². The van der Waals surface area contributed by atoms with Gasteiger partial charge in [0.1, 0.15) is 5.75 Å². The maximum absolute atomic E-state index is 12.7. The SMILES string of the molecule is COc1cc(Cl)ccc1C(=O)N1CCN(C2CCNC2)CC1. The van der Waals surface area contributed by atoms with Gasteiger partial charge in [0.2, 0.25) is 0 Å². The van der Waals surface area contributed by atoms with E-state index in [1.807, 2.05) is 4.90 Å². The fourth-order valence-electron chi connectivity index (χ4n) is 3.25. The number of nitrogens with one attached hydrogen (secondary N) is 1. The van der Waals surface area contributed by atoms with Crippen LogP contribution in [0.3, 0.4) is 0 Å². The lowest BCUT2D eigenvalue weighted by molar-refractivity contribution is 0.0581. The Kier molecular flexibility index (Phi) is 4.86. The molecule has 2 saturated heterocycles. The number of carbonyl (C=O) groups is 1. The molecule has 0 bridgehead atoms. The number of hydrogen-bond acceptors (Lipinski definition) is 4. The van der Waals surface area contributed by atoms with Crippen LogP contribution in [0.1, 0.15) is 16.8 Å². The van der Waals surface area contributed by atoms with Gasteiger partial charge in [-0.15, -0.1) is 0 Å². The monoisotopic (exact) mass is 323 g/mol. The molecule has 1 N–H and O–H groups in total. The summed E-state index contributed by atoms with van der Waals surface area (Å²) in [6.45, 7) is 5.58. The quantitative estimate of drug-likeness (QED) is 0.915. The van der Waals surface area contributed by atoms with Crippen molar-refractivity contribution < 1.29 is 9.53 Å². The molecule has 1 aromatic carbocycles. The summed E-state index contributed by atoms with van der Waals surface area (Å²) in [6, 6.07) is 5.80. The molecule has 120 valence electrons. The van der Waals surface area contributed by atoms with Crippen molar-refractivity contribution in [3.05, 3.63) is 28.8 Å². The molecule has 1 amide bonds. The standard InChI is InChI=1S/C16H22ClN3O2/c1-22-15-10-12(17)2-3-14(15)16(21)20-8-6-19(7-9-20)13-4-5-18-11-13/h2-3,10,13,18H,4-9,11H2,1H3. The Morgan fingerprint density at radius 3 is 2.73 bits per heavy atom. The molecule has 1 atom stereocenters. The second kappa shape index (κ2) is 6.86. The minimum Gasteiger partial charge on any atom is -0.496 e. The zero-order valence-electron chi connectivity index (χ0n) is 12.8. The lowest BCUT2D eigenvalue weighted by atomic mass is 10.1. The topological polar surface area (TPSA) is 44.8 Å². The molecular formula is C16H22ClN3O2. The van der Waals surface area contributed by atoms with Crippen molar-refractivity contribution >= 4 is 17.5 Å². The average Bonchev–Trinajstić information content (AvgIpc) is 3.08. The van der Waals surface area contributed by atoms with E-state index in [1.165, 1.54) is 6.42 Å². The zero-order chi connectivity index (χ0) is 15.5. The normalized spacial score (nSPS) is 22.8. The van der Waals surface area contributed by atoms with Crippen molar-refractivity contribution in [1.29, 1.82) is 0 Å². The van der Waals surface area contributed by atoms with Crippen molar-refractivity contribution in [2.24, 2.45) is 0 Å². The molecule has 2 aliphatic rings. The highest BCUT2D eigenvalue weighted by Gasteiger charge is 2.29. The zero-order valence-corrected chi connectivity index (χ0v) is 13.6. The van der Waals surface area contributed by atoms with Gasteiger partial charge in [-0.25, -0.2) is 0 Å². The minimum atomic E-state index is 0.0257. The molecule has 2 heterocycles. The van der Waals surface area contributed by atoms with Gasteiger partial charge in [-0.2, -0.15) is 0 Å². The van der Waals surface area contributed by atoms with Crippen LogP contribution in [0.4, 0.5) is 0 Å². The Bertz CT molecular complexity index is 538. The smallest absolute Gasteiger partial charge is 0.257 e. The molecule has 2 aliphatic heterocycles. The Balaban J connectivity index is 1.64. The third-order valence-corrected chi connectivity index (χ3v) is 4.78. The highest BCUT2D eigenvalue weighted by molar-refractivity contribution is 6.30. The second-order valence-corrected chi connectivity index (χ2v) is 6.26. The van der Waals surface area contributed by atoms with Crippen LogP contribution in [0.5, 0.6) is 5.75 Å². The van der Waals surface area contributed by atoms with E-state index < -0.39 is 0 Å². The summed E-state index contributed by atoms with van der Waals surface area (Å²) in [7, 11) is 1.56. The Morgan fingerprint density at radius 1 is 1.32 bits per heavy atom. The van der Waals surface area contributed by atoms with Crippen molar-refractivity contribution in [2.45, 2.75) is 12.5 Å². The number of methoxy groups -OCH3 is 1. The van der Waals surface area contributed by atoms with Crippen LogP contribution in [-0.4, -0.2) is 68.1 Å². The van der Waals surface area contributed by atoms with Gasteiger partial charge in [-0.1, -0.05) is 11.6 Å².